The molecule has 21 heavy (non-hydrogen) atoms. The predicted molar refractivity (Wildman–Crippen MR) is 84.1 cm³/mol. The maximum absolute atomic E-state index is 12.3. The first kappa shape index (κ1) is 15.5. The first-order valence-electron chi connectivity index (χ1n) is 6.70. The lowest BCUT2D eigenvalue weighted by Crippen LogP contribution is -2.47. The summed E-state index contributed by atoms with van der Waals surface area (Å²) in [6, 6.07) is 17.2. The van der Waals surface area contributed by atoms with Crippen molar-refractivity contribution in [1.82, 2.24) is 5.32 Å². The Balaban J connectivity index is 2.30. The van der Waals surface area contributed by atoms with Gasteiger partial charge in [-0.25, -0.2) is 4.79 Å². The number of rotatable bonds is 5. The van der Waals surface area contributed by atoms with Gasteiger partial charge >= 0.3 is 5.97 Å². The highest BCUT2D eigenvalue weighted by atomic mass is 35.5. The topological polar surface area (TPSA) is 38.3 Å². The predicted octanol–water partition coefficient (Wildman–Crippen LogP) is 3.52. The molecule has 0 aliphatic carbocycles. The minimum atomic E-state index is -0.997. The molecule has 1 N–H and O–H groups in total. The van der Waals surface area contributed by atoms with Crippen LogP contribution in [-0.4, -0.2) is 13.1 Å². The van der Waals surface area contributed by atoms with Gasteiger partial charge in [0.15, 0.2) is 0 Å². The van der Waals surface area contributed by atoms with Crippen LogP contribution in [0.25, 0.3) is 0 Å². The van der Waals surface area contributed by atoms with Gasteiger partial charge in [0.1, 0.15) is 5.54 Å². The van der Waals surface area contributed by atoms with E-state index in [9.17, 15) is 4.79 Å². The smallest absolute Gasteiger partial charge is 0.330 e. The normalized spacial score (nSPS) is 13.5. The second-order valence-corrected chi connectivity index (χ2v) is 5.34. The largest absolute Gasteiger partial charge is 0.467 e. The minimum Gasteiger partial charge on any atom is -0.467 e. The molecular weight excluding hydrogens is 286 g/mol. The quantitative estimate of drug-likeness (QED) is 0.859. The summed E-state index contributed by atoms with van der Waals surface area (Å²) in [5, 5.41) is 3.79. The van der Waals surface area contributed by atoms with Crippen LogP contribution in [-0.2, 0) is 21.6 Å². The molecule has 3 nitrogen and oxygen atoms in total. The van der Waals surface area contributed by atoms with Crippen molar-refractivity contribution in [2.45, 2.75) is 19.0 Å². The molecule has 0 heterocycles. The number of hydrogen-bond acceptors (Lipinski definition) is 3. The Morgan fingerprint density at radius 1 is 1.14 bits per heavy atom. The minimum absolute atomic E-state index is 0.369. The van der Waals surface area contributed by atoms with E-state index in [0.717, 1.165) is 5.56 Å². The number of carbonyl (C=O) groups is 1. The molecule has 0 saturated heterocycles. The van der Waals surface area contributed by atoms with Crippen LogP contribution in [0.1, 0.15) is 18.1 Å². The summed E-state index contributed by atoms with van der Waals surface area (Å²) >= 11 is 6.24. The third-order valence-electron chi connectivity index (χ3n) is 3.50. The number of esters is 1. The van der Waals surface area contributed by atoms with E-state index in [-0.39, 0.29) is 5.97 Å². The van der Waals surface area contributed by atoms with Crippen LogP contribution in [0.2, 0.25) is 5.02 Å². The molecule has 0 radical (unpaired) electrons. The molecule has 0 spiro atoms. The number of ether oxygens (including phenoxy) is 1. The fourth-order valence-corrected chi connectivity index (χ4v) is 2.55. The number of methoxy groups -OCH3 is 1. The Bertz CT molecular complexity index is 615. The van der Waals surface area contributed by atoms with Gasteiger partial charge in [-0.2, -0.15) is 0 Å². The summed E-state index contributed by atoms with van der Waals surface area (Å²) in [6.45, 7) is 2.32. The van der Waals surface area contributed by atoms with E-state index in [1.54, 1.807) is 13.0 Å². The lowest BCUT2D eigenvalue weighted by molar-refractivity contribution is -0.148. The molecule has 0 amide bonds. The molecule has 2 aromatic carbocycles. The first-order valence-corrected chi connectivity index (χ1v) is 7.08. The SMILES string of the molecule is COC(=O)C(C)(NCc1ccccc1)c1ccccc1Cl. The summed E-state index contributed by atoms with van der Waals surface area (Å²) < 4.78 is 4.95. The lowest BCUT2D eigenvalue weighted by atomic mass is 9.91. The molecule has 4 heteroatoms. The highest BCUT2D eigenvalue weighted by Crippen LogP contribution is 2.29. The van der Waals surface area contributed by atoms with Crippen molar-refractivity contribution < 1.29 is 9.53 Å². The average molecular weight is 304 g/mol. The maximum Gasteiger partial charge on any atom is 0.330 e. The highest BCUT2D eigenvalue weighted by molar-refractivity contribution is 6.31. The van der Waals surface area contributed by atoms with Gasteiger partial charge in [-0.3, -0.25) is 5.32 Å². The summed E-state index contributed by atoms with van der Waals surface area (Å²) in [5.74, 6) is -0.369. The third kappa shape index (κ3) is 3.43. The Kier molecular flexibility index (Phi) is 4.99. The molecule has 0 aliphatic heterocycles. The Morgan fingerprint density at radius 3 is 2.38 bits per heavy atom. The second kappa shape index (κ2) is 6.74. The zero-order valence-corrected chi connectivity index (χ0v) is 12.9. The molecular formula is C17H18ClNO2. The van der Waals surface area contributed by atoms with Crippen LogP contribution in [0.3, 0.4) is 0 Å². The van der Waals surface area contributed by atoms with E-state index in [2.05, 4.69) is 5.32 Å². The van der Waals surface area contributed by atoms with Crippen molar-refractivity contribution in [2.24, 2.45) is 0 Å². The molecule has 1 atom stereocenters. The fourth-order valence-electron chi connectivity index (χ4n) is 2.22. The van der Waals surface area contributed by atoms with E-state index in [1.165, 1.54) is 7.11 Å². The van der Waals surface area contributed by atoms with Crippen molar-refractivity contribution in [2.75, 3.05) is 7.11 Å². The summed E-state index contributed by atoms with van der Waals surface area (Å²) in [6.07, 6.45) is 0. The lowest BCUT2D eigenvalue weighted by Gasteiger charge is -2.29. The van der Waals surface area contributed by atoms with Gasteiger partial charge in [0, 0.05) is 17.1 Å². The van der Waals surface area contributed by atoms with E-state index < -0.39 is 5.54 Å². The van der Waals surface area contributed by atoms with E-state index in [4.69, 9.17) is 16.3 Å². The van der Waals surface area contributed by atoms with Crippen molar-refractivity contribution >= 4 is 17.6 Å². The molecule has 0 bridgehead atoms. The number of nitrogens with one attached hydrogen (secondary N) is 1. The third-order valence-corrected chi connectivity index (χ3v) is 3.82. The van der Waals surface area contributed by atoms with Gasteiger partial charge in [-0.05, 0) is 18.6 Å². The number of carbonyl (C=O) groups excluding carboxylic acids is 1. The van der Waals surface area contributed by atoms with E-state index >= 15 is 0 Å². The zero-order chi connectivity index (χ0) is 15.3. The maximum atomic E-state index is 12.3. The first-order chi connectivity index (χ1) is 10.1. The Labute approximate surface area is 129 Å². The van der Waals surface area contributed by atoms with E-state index in [0.29, 0.717) is 17.1 Å². The monoisotopic (exact) mass is 303 g/mol. The van der Waals surface area contributed by atoms with Gasteiger partial charge in [-0.1, -0.05) is 60.1 Å². The molecule has 0 aromatic heterocycles. The van der Waals surface area contributed by atoms with Gasteiger partial charge in [0.05, 0.1) is 7.11 Å². The van der Waals surface area contributed by atoms with Crippen molar-refractivity contribution in [3.63, 3.8) is 0 Å². The molecule has 110 valence electrons. The van der Waals surface area contributed by atoms with Crippen LogP contribution in [0.15, 0.2) is 54.6 Å². The van der Waals surface area contributed by atoms with Crippen LogP contribution in [0.4, 0.5) is 0 Å². The van der Waals surface area contributed by atoms with Crippen molar-refractivity contribution in [1.29, 1.82) is 0 Å². The highest BCUT2D eigenvalue weighted by Gasteiger charge is 2.37. The molecule has 1 unspecified atom stereocenters. The Morgan fingerprint density at radius 2 is 1.76 bits per heavy atom. The fraction of sp³-hybridized carbons (Fsp3) is 0.235. The second-order valence-electron chi connectivity index (χ2n) is 4.94. The number of halogens is 1. The van der Waals surface area contributed by atoms with Crippen LogP contribution >= 0.6 is 11.6 Å². The molecule has 2 rings (SSSR count). The average Bonchev–Trinajstić information content (AvgIpc) is 2.53. The summed E-state index contributed by atoms with van der Waals surface area (Å²) in [5.41, 5.74) is 0.789. The molecule has 0 fully saturated rings. The van der Waals surface area contributed by atoms with Crippen LogP contribution < -0.4 is 5.32 Å². The molecule has 0 aliphatic rings. The summed E-state index contributed by atoms with van der Waals surface area (Å²) in [4.78, 5) is 12.3. The van der Waals surface area contributed by atoms with Crippen molar-refractivity contribution in [3.05, 3.63) is 70.7 Å². The number of benzene rings is 2. The van der Waals surface area contributed by atoms with Gasteiger partial charge in [0.25, 0.3) is 0 Å². The summed E-state index contributed by atoms with van der Waals surface area (Å²) in [7, 11) is 1.38. The zero-order valence-electron chi connectivity index (χ0n) is 12.1. The Hall–Kier alpha value is -1.84. The van der Waals surface area contributed by atoms with Gasteiger partial charge in [-0.15, -0.1) is 0 Å². The standard InChI is InChI=1S/C17H18ClNO2/c1-17(16(20)21-2,14-10-6-7-11-15(14)18)19-12-13-8-4-3-5-9-13/h3-11,19H,12H2,1-2H3. The number of hydrogen-bond donors (Lipinski definition) is 1. The van der Waals surface area contributed by atoms with Crippen LogP contribution in [0, 0.1) is 0 Å². The van der Waals surface area contributed by atoms with Crippen molar-refractivity contribution in [3.8, 4) is 0 Å². The molecule has 2 aromatic rings. The van der Waals surface area contributed by atoms with Gasteiger partial charge < -0.3 is 4.74 Å². The molecule has 0 saturated carbocycles. The van der Waals surface area contributed by atoms with Gasteiger partial charge in [0.2, 0.25) is 0 Å². The van der Waals surface area contributed by atoms with E-state index in [1.807, 2.05) is 48.5 Å². The van der Waals surface area contributed by atoms with Crippen LogP contribution in [0.5, 0.6) is 0 Å².